The number of nitrogens with zero attached hydrogens (tertiary/aromatic N) is 5. The summed E-state index contributed by atoms with van der Waals surface area (Å²) < 4.78 is 23.6. The number of piperidine rings is 1. The van der Waals surface area contributed by atoms with Crippen molar-refractivity contribution in [3.05, 3.63) is 47.4 Å². The molecule has 0 radical (unpaired) electrons. The summed E-state index contributed by atoms with van der Waals surface area (Å²) in [4.78, 5) is 39.2. The van der Waals surface area contributed by atoms with Crippen molar-refractivity contribution >= 4 is 39.2 Å². The number of pyridine rings is 2. The van der Waals surface area contributed by atoms with E-state index in [0.29, 0.717) is 38.2 Å². The SMILES string of the molecule is CN1Cc2cnc3c(c2N(C2CCN(C(=O)CO)CC2)C1=O)NC(c1ccc(S(C)(=O)=O)nc1)C=C3. The number of aliphatic hydroxyl groups excluding tert-OH is 1. The summed E-state index contributed by atoms with van der Waals surface area (Å²) in [7, 11) is -1.64. The third kappa shape index (κ3) is 4.30. The zero-order chi connectivity index (χ0) is 25.6. The Balaban J connectivity index is 1.48. The molecule has 5 rings (SSSR count). The number of anilines is 2. The quantitative estimate of drug-likeness (QED) is 0.628. The van der Waals surface area contributed by atoms with Gasteiger partial charge in [0, 0.05) is 50.4 Å². The monoisotopic (exact) mass is 512 g/mol. The van der Waals surface area contributed by atoms with Crippen LogP contribution in [-0.2, 0) is 21.2 Å². The van der Waals surface area contributed by atoms with Crippen LogP contribution < -0.4 is 10.2 Å². The molecule has 11 nitrogen and oxygen atoms in total. The van der Waals surface area contributed by atoms with Gasteiger partial charge in [-0.25, -0.2) is 18.2 Å². The van der Waals surface area contributed by atoms with Gasteiger partial charge in [-0.2, -0.15) is 0 Å². The van der Waals surface area contributed by atoms with Crippen molar-refractivity contribution in [2.45, 2.75) is 36.5 Å². The normalized spacial score (nSPS) is 20.1. The number of fused-ring (bicyclic) bond motifs is 3. The van der Waals surface area contributed by atoms with Crippen molar-refractivity contribution in [3.63, 3.8) is 0 Å². The molecule has 0 spiro atoms. The molecule has 2 N–H and O–H groups in total. The molecule has 0 saturated carbocycles. The third-order valence-electron chi connectivity index (χ3n) is 6.90. The van der Waals surface area contributed by atoms with Crippen molar-refractivity contribution in [2.24, 2.45) is 0 Å². The molecule has 2 aromatic rings. The van der Waals surface area contributed by atoms with Crippen molar-refractivity contribution in [2.75, 3.05) is 43.2 Å². The zero-order valence-electron chi connectivity index (χ0n) is 20.1. The summed E-state index contributed by atoms with van der Waals surface area (Å²) >= 11 is 0. The second kappa shape index (κ2) is 9.17. The number of sulfone groups is 1. The lowest BCUT2D eigenvalue weighted by Crippen LogP contribution is -2.54. The molecular formula is C24H28N6O5S. The van der Waals surface area contributed by atoms with Crippen molar-refractivity contribution in [1.29, 1.82) is 0 Å². The summed E-state index contributed by atoms with van der Waals surface area (Å²) in [5.41, 5.74) is 3.92. The molecule has 12 heteroatoms. The molecule has 3 aliphatic rings. The Morgan fingerprint density at radius 2 is 1.94 bits per heavy atom. The average Bonchev–Trinajstić information content (AvgIpc) is 2.88. The fourth-order valence-corrected chi connectivity index (χ4v) is 5.57. The summed E-state index contributed by atoms with van der Waals surface area (Å²) in [5, 5.41) is 12.7. The second-order valence-electron chi connectivity index (χ2n) is 9.35. The molecule has 3 aliphatic heterocycles. The molecule has 0 aliphatic carbocycles. The molecule has 0 aromatic carbocycles. The van der Waals surface area contributed by atoms with E-state index in [0.717, 1.165) is 28.8 Å². The van der Waals surface area contributed by atoms with Crippen LogP contribution in [0.5, 0.6) is 0 Å². The van der Waals surface area contributed by atoms with Crippen molar-refractivity contribution < 1.29 is 23.1 Å². The Morgan fingerprint density at radius 3 is 2.58 bits per heavy atom. The standard InChI is InChI=1S/C24H28N6O5S/c1-28-13-16-12-25-19-5-4-18(15-3-6-20(26-11-15)36(2,34)35)27-22(19)23(16)30(24(28)33)17-7-9-29(10-8-17)21(32)14-31/h3-6,11-12,17-18,27,31H,7-10,13-14H2,1-2H3. The van der Waals surface area contributed by atoms with Gasteiger partial charge < -0.3 is 20.2 Å². The number of nitrogens with one attached hydrogen (secondary N) is 1. The van der Waals surface area contributed by atoms with E-state index in [1.54, 1.807) is 29.1 Å². The maximum atomic E-state index is 13.4. The molecule has 3 amide bonds. The van der Waals surface area contributed by atoms with Crippen LogP contribution in [0.15, 0.2) is 35.6 Å². The highest BCUT2D eigenvalue weighted by Crippen LogP contribution is 2.43. The van der Waals surface area contributed by atoms with Crippen molar-refractivity contribution in [1.82, 2.24) is 19.8 Å². The van der Waals surface area contributed by atoms with Crippen LogP contribution in [0.25, 0.3) is 6.08 Å². The van der Waals surface area contributed by atoms with E-state index in [-0.39, 0.29) is 29.0 Å². The minimum Gasteiger partial charge on any atom is -0.387 e. The molecule has 5 heterocycles. The van der Waals surface area contributed by atoms with Crippen LogP contribution in [0.4, 0.5) is 16.2 Å². The summed E-state index contributed by atoms with van der Waals surface area (Å²) in [6.07, 6.45) is 9.47. The van der Waals surface area contributed by atoms with E-state index in [4.69, 9.17) is 0 Å². The minimum atomic E-state index is -3.40. The van der Waals surface area contributed by atoms with Gasteiger partial charge in [-0.05, 0) is 30.5 Å². The average molecular weight is 513 g/mol. The smallest absolute Gasteiger partial charge is 0.324 e. The molecular weight excluding hydrogens is 484 g/mol. The molecule has 2 aromatic heterocycles. The highest BCUT2D eigenvalue weighted by Gasteiger charge is 2.39. The van der Waals surface area contributed by atoms with Gasteiger partial charge in [-0.15, -0.1) is 0 Å². The van der Waals surface area contributed by atoms with Crippen LogP contribution in [0.3, 0.4) is 0 Å². The van der Waals surface area contributed by atoms with Gasteiger partial charge in [0.1, 0.15) is 6.61 Å². The predicted octanol–water partition coefficient (Wildman–Crippen LogP) is 1.42. The van der Waals surface area contributed by atoms with E-state index in [2.05, 4.69) is 15.3 Å². The lowest BCUT2D eigenvalue weighted by Gasteiger charge is -2.44. The lowest BCUT2D eigenvalue weighted by molar-refractivity contribution is -0.135. The number of rotatable bonds is 4. The Kier molecular flexibility index (Phi) is 6.17. The fourth-order valence-electron chi connectivity index (χ4n) is 5.01. The summed E-state index contributed by atoms with van der Waals surface area (Å²) in [5.74, 6) is -0.303. The minimum absolute atomic E-state index is 0.0105. The molecule has 1 saturated heterocycles. The van der Waals surface area contributed by atoms with Crippen LogP contribution in [0.2, 0.25) is 0 Å². The van der Waals surface area contributed by atoms with E-state index >= 15 is 0 Å². The maximum Gasteiger partial charge on any atom is 0.324 e. The van der Waals surface area contributed by atoms with E-state index in [1.165, 1.54) is 12.3 Å². The largest absolute Gasteiger partial charge is 0.387 e. The van der Waals surface area contributed by atoms with Crippen LogP contribution in [0, 0.1) is 0 Å². The topological polar surface area (TPSA) is 136 Å². The number of hydrogen-bond donors (Lipinski definition) is 2. The number of urea groups is 1. The van der Waals surface area contributed by atoms with Crippen LogP contribution in [0.1, 0.15) is 35.7 Å². The first-order valence-corrected chi connectivity index (χ1v) is 13.6. The van der Waals surface area contributed by atoms with Gasteiger partial charge in [0.2, 0.25) is 5.91 Å². The van der Waals surface area contributed by atoms with Crippen LogP contribution in [-0.4, -0.2) is 84.3 Å². The van der Waals surface area contributed by atoms with Crippen LogP contribution >= 0.6 is 0 Å². The Hall–Kier alpha value is -3.51. The molecule has 0 bridgehead atoms. The molecule has 190 valence electrons. The highest BCUT2D eigenvalue weighted by atomic mass is 32.2. The number of hydrogen-bond acceptors (Lipinski definition) is 8. The Labute approximate surface area is 209 Å². The van der Waals surface area contributed by atoms with E-state index < -0.39 is 16.4 Å². The van der Waals surface area contributed by atoms with Gasteiger partial charge in [-0.3, -0.25) is 14.7 Å². The summed E-state index contributed by atoms with van der Waals surface area (Å²) in [6, 6.07) is 2.70. The van der Waals surface area contributed by atoms with E-state index in [1.807, 2.05) is 17.1 Å². The number of carbonyl (C=O) groups excluding carboxylic acids is 2. The predicted molar refractivity (Wildman–Crippen MR) is 133 cm³/mol. The number of amides is 3. The van der Waals surface area contributed by atoms with E-state index in [9.17, 15) is 23.1 Å². The van der Waals surface area contributed by atoms with Gasteiger partial charge >= 0.3 is 6.03 Å². The first-order valence-electron chi connectivity index (χ1n) is 11.7. The molecule has 1 fully saturated rings. The second-order valence-corrected chi connectivity index (χ2v) is 11.3. The molecule has 36 heavy (non-hydrogen) atoms. The number of carbonyl (C=O) groups is 2. The van der Waals surface area contributed by atoms with Gasteiger partial charge in [0.15, 0.2) is 14.9 Å². The zero-order valence-corrected chi connectivity index (χ0v) is 20.9. The fraction of sp³-hybridized carbons (Fsp3) is 0.417. The third-order valence-corrected chi connectivity index (χ3v) is 7.90. The van der Waals surface area contributed by atoms with Gasteiger partial charge in [0.25, 0.3) is 0 Å². The Morgan fingerprint density at radius 1 is 1.19 bits per heavy atom. The summed E-state index contributed by atoms with van der Waals surface area (Å²) in [6.45, 7) is 0.839. The number of likely N-dealkylation sites (tertiary alicyclic amines) is 1. The number of aromatic nitrogens is 2. The first kappa shape index (κ1) is 24.2. The molecule has 1 unspecified atom stereocenters. The first-order chi connectivity index (χ1) is 17.2. The van der Waals surface area contributed by atoms with Gasteiger partial charge in [-0.1, -0.05) is 12.1 Å². The highest BCUT2D eigenvalue weighted by molar-refractivity contribution is 7.90. The van der Waals surface area contributed by atoms with Gasteiger partial charge in [0.05, 0.1) is 29.7 Å². The Bertz CT molecular complexity index is 1340. The lowest BCUT2D eigenvalue weighted by atomic mass is 9.97. The van der Waals surface area contributed by atoms with Crippen molar-refractivity contribution in [3.8, 4) is 0 Å². The maximum absolute atomic E-state index is 13.4. The molecule has 1 atom stereocenters. The number of aliphatic hydroxyl groups is 1.